The van der Waals surface area contributed by atoms with Crippen LogP contribution in [0.2, 0.25) is 5.02 Å². The molecule has 8 heterocycles. The molecule has 298 valence electrons. The monoisotopic (exact) mass is 793 g/mol. The third kappa shape index (κ3) is 7.46. The molecule has 3 N–H and O–H groups in total. The number of benzene rings is 1. The molecule has 4 saturated heterocycles. The fourth-order valence-corrected chi connectivity index (χ4v) is 9.60. The van der Waals surface area contributed by atoms with E-state index in [2.05, 4.69) is 53.4 Å². The van der Waals surface area contributed by atoms with Crippen molar-refractivity contribution in [3.63, 3.8) is 0 Å². The van der Waals surface area contributed by atoms with Gasteiger partial charge in [0.25, 0.3) is 11.8 Å². The number of carbonyl (C=O) groups excluding carboxylic acids is 4. The van der Waals surface area contributed by atoms with Gasteiger partial charge in [-0.2, -0.15) is 0 Å². The summed E-state index contributed by atoms with van der Waals surface area (Å²) in [6.07, 6.45) is 10.1. The summed E-state index contributed by atoms with van der Waals surface area (Å²) >= 11 is 6.73. The zero-order valence-electron chi connectivity index (χ0n) is 32.1. The van der Waals surface area contributed by atoms with Crippen molar-refractivity contribution in [2.45, 2.75) is 76.1 Å². The number of likely N-dealkylation sites (tertiary alicyclic amines) is 1. The summed E-state index contributed by atoms with van der Waals surface area (Å²) in [6.45, 7) is 5.57. The van der Waals surface area contributed by atoms with E-state index < -0.39 is 6.04 Å². The number of rotatable bonds is 9. The van der Waals surface area contributed by atoms with Gasteiger partial charge in [0.15, 0.2) is 0 Å². The minimum Gasteiger partial charge on any atom is -0.378 e. The highest BCUT2D eigenvalue weighted by molar-refractivity contribution is 6.36. The number of aromatic amines is 1. The largest absolute Gasteiger partial charge is 0.378 e. The zero-order chi connectivity index (χ0) is 39.2. The number of nitrogens with one attached hydrogen (secondary N) is 3. The first-order chi connectivity index (χ1) is 27.7. The number of pyridine rings is 2. The van der Waals surface area contributed by atoms with Crippen LogP contribution in [0, 0.1) is 5.92 Å². The summed E-state index contributed by atoms with van der Waals surface area (Å²) in [5, 5.41) is 6.84. The van der Waals surface area contributed by atoms with Gasteiger partial charge in [-0.3, -0.25) is 29.4 Å². The molecule has 1 unspecified atom stereocenters. The molecule has 9 rings (SSSR count). The van der Waals surface area contributed by atoms with Crippen LogP contribution in [-0.4, -0.2) is 107 Å². The fraction of sp³-hybridized carbons (Fsp3) is 0.476. The van der Waals surface area contributed by atoms with Gasteiger partial charge in [-0.05, 0) is 88.7 Å². The van der Waals surface area contributed by atoms with Crippen molar-refractivity contribution in [3.05, 3.63) is 76.2 Å². The van der Waals surface area contributed by atoms with Gasteiger partial charge in [-0.1, -0.05) is 17.7 Å². The third-order valence-electron chi connectivity index (χ3n) is 12.6. The Kier molecular flexibility index (Phi) is 10.3. The minimum atomic E-state index is -0.616. The Morgan fingerprint density at radius 2 is 1.74 bits per heavy atom. The average molecular weight is 794 g/mol. The highest BCUT2D eigenvalue weighted by Gasteiger charge is 2.40. The lowest BCUT2D eigenvalue weighted by molar-refractivity contribution is -0.136. The fourth-order valence-electron chi connectivity index (χ4n) is 9.28. The molecular formula is C42H48ClN9O5. The number of imide groups is 1. The molecule has 4 aromatic rings. The maximum absolute atomic E-state index is 13.3. The molecule has 2 atom stereocenters. The maximum Gasteiger partial charge on any atom is 0.258 e. The number of anilines is 3. The van der Waals surface area contributed by atoms with Crippen LogP contribution in [-0.2, 0) is 20.9 Å². The van der Waals surface area contributed by atoms with Gasteiger partial charge < -0.3 is 29.7 Å². The van der Waals surface area contributed by atoms with Crippen LogP contribution in [0.5, 0.6) is 0 Å². The van der Waals surface area contributed by atoms with Crippen LogP contribution in [0.1, 0.15) is 89.4 Å². The maximum atomic E-state index is 13.3. The Hall–Kier alpha value is -5.05. The van der Waals surface area contributed by atoms with Crippen molar-refractivity contribution in [1.29, 1.82) is 0 Å². The average Bonchev–Trinajstić information content (AvgIpc) is 3.91. The number of hydrogen-bond acceptors (Lipinski definition) is 10. The van der Waals surface area contributed by atoms with Crippen molar-refractivity contribution in [2.24, 2.45) is 5.92 Å². The zero-order valence-corrected chi connectivity index (χ0v) is 32.9. The summed E-state index contributed by atoms with van der Waals surface area (Å²) < 4.78 is 6.46. The van der Waals surface area contributed by atoms with E-state index in [1.165, 1.54) is 0 Å². The molecular weight excluding hydrogens is 746 g/mol. The normalized spacial score (nSPS) is 22.4. The van der Waals surface area contributed by atoms with Crippen molar-refractivity contribution in [3.8, 4) is 0 Å². The number of amides is 4. The topological polar surface area (TPSA) is 156 Å². The summed E-state index contributed by atoms with van der Waals surface area (Å²) in [4.78, 5) is 71.8. The number of halogens is 1. The molecule has 5 aliphatic rings. The highest BCUT2D eigenvalue weighted by Crippen LogP contribution is 2.39. The summed E-state index contributed by atoms with van der Waals surface area (Å²) in [6, 6.07) is 11.0. The molecule has 15 heteroatoms. The van der Waals surface area contributed by atoms with Gasteiger partial charge in [0, 0.05) is 86.4 Å². The molecule has 5 aliphatic heterocycles. The molecule has 4 amide bonds. The number of ether oxygens (including phenoxy) is 1. The first kappa shape index (κ1) is 37.5. The third-order valence-corrected chi connectivity index (χ3v) is 13.0. The molecule has 14 nitrogen and oxygen atoms in total. The smallest absolute Gasteiger partial charge is 0.258 e. The summed E-state index contributed by atoms with van der Waals surface area (Å²) in [7, 11) is 2.11. The van der Waals surface area contributed by atoms with Crippen molar-refractivity contribution in [2.75, 3.05) is 61.5 Å². The van der Waals surface area contributed by atoms with Crippen molar-refractivity contribution < 1.29 is 23.9 Å². The molecule has 0 aliphatic carbocycles. The van der Waals surface area contributed by atoms with Gasteiger partial charge in [0.2, 0.25) is 11.8 Å². The second-order valence-electron chi connectivity index (χ2n) is 16.1. The molecule has 1 aromatic carbocycles. The number of nitrogens with zero attached hydrogens (tertiary/aromatic N) is 6. The van der Waals surface area contributed by atoms with Gasteiger partial charge in [-0.15, -0.1) is 0 Å². The van der Waals surface area contributed by atoms with Crippen molar-refractivity contribution >= 4 is 63.5 Å². The molecule has 57 heavy (non-hydrogen) atoms. The number of H-pyrrole nitrogens is 1. The van der Waals surface area contributed by atoms with Crippen LogP contribution in [0.3, 0.4) is 0 Å². The first-order valence-corrected chi connectivity index (χ1v) is 20.6. The van der Waals surface area contributed by atoms with E-state index in [0.29, 0.717) is 40.9 Å². The molecule has 4 fully saturated rings. The predicted molar refractivity (Wildman–Crippen MR) is 217 cm³/mol. The molecule has 0 bridgehead atoms. The second kappa shape index (κ2) is 15.7. The number of fused-ring (bicyclic) bond motifs is 2. The van der Waals surface area contributed by atoms with Crippen LogP contribution < -0.4 is 20.4 Å². The SMILES string of the molecule is CN1CCC[C@@H]1c1[nH]c2cc(NC(=O)c3ccc(N4CCC(OCC5CCN(c6cccc7c6CN(C6CCC(=O)NC6=O)C7=O)CC5)CC4)nc3)ncc2c1Cl. The predicted octanol–water partition coefficient (Wildman–Crippen LogP) is 5.29. The molecule has 0 spiro atoms. The van der Waals surface area contributed by atoms with Gasteiger partial charge in [0.1, 0.15) is 17.7 Å². The van der Waals surface area contributed by atoms with E-state index >= 15 is 0 Å². The van der Waals surface area contributed by atoms with Gasteiger partial charge in [-0.25, -0.2) is 9.97 Å². The summed E-state index contributed by atoms with van der Waals surface area (Å²) in [5.41, 5.74) is 4.99. The van der Waals surface area contributed by atoms with E-state index in [-0.39, 0.29) is 42.2 Å². The quantitative estimate of drug-likeness (QED) is 0.190. The second-order valence-corrected chi connectivity index (χ2v) is 16.5. The Morgan fingerprint density at radius 3 is 2.47 bits per heavy atom. The lowest BCUT2D eigenvalue weighted by Gasteiger charge is -2.36. The Labute approximate surface area is 336 Å². The van der Waals surface area contributed by atoms with E-state index in [4.69, 9.17) is 16.3 Å². The molecule has 3 aromatic heterocycles. The van der Waals surface area contributed by atoms with Crippen LogP contribution in [0.25, 0.3) is 10.9 Å². The molecule has 0 saturated carbocycles. The Morgan fingerprint density at radius 1 is 0.930 bits per heavy atom. The van der Waals surface area contributed by atoms with Crippen molar-refractivity contribution in [1.82, 2.24) is 30.1 Å². The number of hydrogen-bond donors (Lipinski definition) is 3. The van der Waals surface area contributed by atoms with Gasteiger partial charge >= 0.3 is 0 Å². The first-order valence-electron chi connectivity index (χ1n) is 20.2. The van der Waals surface area contributed by atoms with E-state index in [0.717, 1.165) is 112 Å². The van der Waals surface area contributed by atoms with Crippen LogP contribution in [0.15, 0.2) is 48.8 Å². The number of carbonyl (C=O) groups is 4. The lowest BCUT2D eigenvalue weighted by atomic mass is 9.96. The highest BCUT2D eigenvalue weighted by atomic mass is 35.5. The lowest BCUT2D eigenvalue weighted by Crippen LogP contribution is -2.52. The van der Waals surface area contributed by atoms with Gasteiger partial charge in [0.05, 0.1) is 33.9 Å². The van der Waals surface area contributed by atoms with E-state index in [9.17, 15) is 19.2 Å². The summed E-state index contributed by atoms with van der Waals surface area (Å²) in [5.74, 6) is 0.677. The molecule has 0 radical (unpaired) electrons. The minimum absolute atomic E-state index is 0.140. The Balaban J connectivity index is 0.725. The Bertz CT molecular complexity index is 2200. The number of aromatic nitrogens is 3. The standard InChI is InChI=1S/C42H48ClN9O5/c1-49-15-3-6-33(49)39-38(43)29-22-44-35(20-31(29)46-39)47-40(54)26-7-9-36(45-21-26)51-18-13-27(14-19-51)57-24-25-11-16-50(17-12-25)32-5-2-4-28-30(32)23-52(42(28)56)34-8-10-37(53)48-41(34)55/h2,4-5,7,9,20-22,25,27,33-34,46H,3,6,8,10-19,23-24H2,1H3,(H,44,47,54)(H,48,53,55)/t33-,34?/m1/s1. The van der Waals surface area contributed by atoms with Crippen LogP contribution >= 0.6 is 11.6 Å². The number of piperidine rings is 3. The van der Waals surface area contributed by atoms with Crippen LogP contribution in [0.4, 0.5) is 17.3 Å². The van der Waals surface area contributed by atoms with E-state index in [1.807, 2.05) is 24.3 Å². The van der Waals surface area contributed by atoms with E-state index in [1.54, 1.807) is 23.4 Å².